The highest BCUT2D eigenvalue weighted by atomic mass is 32.1. The van der Waals surface area contributed by atoms with E-state index in [-0.39, 0.29) is 11.3 Å². The molecule has 1 fully saturated rings. The molecule has 0 saturated carbocycles. The van der Waals surface area contributed by atoms with Crippen molar-refractivity contribution in [1.82, 2.24) is 4.90 Å². The second-order valence-corrected chi connectivity index (χ2v) is 5.50. The minimum Gasteiger partial charge on any atom is -0.454 e. The van der Waals surface area contributed by atoms with Crippen LogP contribution in [0.5, 0.6) is 0 Å². The number of morpholine rings is 1. The smallest absolute Gasteiger partial charge is 0.417 e. The zero-order valence-electron chi connectivity index (χ0n) is 12.1. The van der Waals surface area contributed by atoms with Crippen LogP contribution in [-0.4, -0.2) is 36.2 Å². The fourth-order valence-corrected chi connectivity index (χ4v) is 2.76. The first-order valence-electron chi connectivity index (χ1n) is 7.10. The Morgan fingerprint density at radius 2 is 1.74 bits per heavy atom. The summed E-state index contributed by atoms with van der Waals surface area (Å²) in [4.78, 5) is 2.42. The van der Waals surface area contributed by atoms with E-state index in [0.29, 0.717) is 37.1 Å². The Morgan fingerprint density at radius 3 is 2.43 bits per heavy atom. The molecule has 2 heterocycles. The third-order valence-corrected chi connectivity index (χ3v) is 4.07. The Bertz CT molecular complexity index is 705. The molecule has 1 aliphatic rings. The lowest BCUT2D eigenvalue weighted by molar-refractivity contribution is -0.137. The van der Waals surface area contributed by atoms with Crippen molar-refractivity contribution < 1.29 is 22.3 Å². The largest absolute Gasteiger partial charge is 0.454 e. The molecule has 3 rings (SSSR count). The molecule has 1 aliphatic heterocycles. The third kappa shape index (κ3) is 3.40. The molecular weight excluding hydrogens is 327 g/mol. The number of thiocarbonyl (C=S) groups is 1. The third-order valence-electron chi connectivity index (χ3n) is 3.61. The molecule has 0 spiro atoms. The minimum absolute atomic E-state index is 0.0102. The lowest BCUT2D eigenvalue weighted by Gasteiger charge is -2.28. The topological polar surface area (TPSA) is 25.6 Å². The summed E-state index contributed by atoms with van der Waals surface area (Å²) >= 11 is 5.36. The Hall–Kier alpha value is -1.86. The van der Waals surface area contributed by atoms with Crippen LogP contribution in [0.25, 0.3) is 11.3 Å². The van der Waals surface area contributed by atoms with Gasteiger partial charge in [0.1, 0.15) is 10.7 Å². The molecule has 23 heavy (non-hydrogen) atoms. The van der Waals surface area contributed by atoms with Gasteiger partial charge in [-0.2, -0.15) is 13.2 Å². The van der Waals surface area contributed by atoms with Gasteiger partial charge in [0.15, 0.2) is 5.76 Å². The second kappa shape index (κ2) is 6.33. The summed E-state index contributed by atoms with van der Waals surface area (Å²) in [5, 5.41) is 0. The van der Waals surface area contributed by atoms with Crippen LogP contribution in [0.3, 0.4) is 0 Å². The van der Waals surface area contributed by atoms with Crippen LogP contribution in [0.2, 0.25) is 0 Å². The summed E-state index contributed by atoms with van der Waals surface area (Å²) < 4.78 is 50.2. The van der Waals surface area contributed by atoms with Crippen molar-refractivity contribution in [3.63, 3.8) is 0 Å². The van der Waals surface area contributed by atoms with E-state index in [4.69, 9.17) is 21.4 Å². The van der Waals surface area contributed by atoms with E-state index in [1.807, 2.05) is 4.90 Å². The van der Waals surface area contributed by atoms with E-state index in [9.17, 15) is 13.2 Å². The first kappa shape index (κ1) is 16.0. The van der Waals surface area contributed by atoms with Gasteiger partial charge < -0.3 is 14.1 Å². The minimum atomic E-state index is -4.44. The van der Waals surface area contributed by atoms with Crippen LogP contribution in [0.1, 0.15) is 11.3 Å². The summed E-state index contributed by atoms with van der Waals surface area (Å²) in [6, 6.07) is 8.47. The first-order chi connectivity index (χ1) is 11.0. The zero-order chi connectivity index (χ0) is 16.4. The molecule has 7 heteroatoms. The Morgan fingerprint density at radius 1 is 1.04 bits per heavy atom. The van der Waals surface area contributed by atoms with Gasteiger partial charge in [0.05, 0.1) is 18.8 Å². The van der Waals surface area contributed by atoms with Gasteiger partial charge in [-0.25, -0.2) is 0 Å². The Balaban J connectivity index is 1.89. The van der Waals surface area contributed by atoms with Crippen LogP contribution in [0, 0.1) is 0 Å². The fourth-order valence-electron chi connectivity index (χ4n) is 2.47. The van der Waals surface area contributed by atoms with E-state index in [0.717, 1.165) is 6.07 Å². The van der Waals surface area contributed by atoms with Gasteiger partial charge in [-0.05, 0) is 18.2 Å². The Kier molecular flexibility index (Phi) is 4.41. The van der Waals surface area contributed by atoms with Gasteiger partial charge in [0, 0.05) is 18.7 Å². The van der Waals surface area contributed by atoms with E-state index >= 15 is 0 Å². The quantitative estimate of drug-likeness (QED) is 0.772. The van der Waals surface area contributed by atoms with Crippen molar-refractivity contribution in [2.75, 3.05) is 26.3 Å². The van der Waals surface area contributed by atoms with Gasteiger partial charge >= 0.3 is 6.18 Å². The van der Waals surface area contributed by atoms with Crippen molar-refractivity contribution in [1.29, 1.82) is 0 Å². The normalized spacial score (nSPS) is 15.7. The lowest BCUT2D eigenvalue weighted by Crippen LogP contribution is -2.40. The summed E-state index contributed by atoms with van der Waals surface area (Å²) in [5.74, 6) is 0.553. The first-order valence-corrected chi connectivity index (χ1v) is 7.51. The Labute approximate surface area is 136 Å². The summed E-state index contributed by atoms with van der Waals surface area (Å²) in [5.41, 5.74) is -0.714. The van der Waals surface area contributed by atoms with Gasteiger partial charge in [0.2, 0.25) is 0 Å². The molecular formula is C16H14F3NO2S. The number of ether oxygens (including phenoxy) is 1. The van der Waals surface area contributed by atoms with Crippen LogP contribution in [0.15, 0.2) is 40.8 Å². The molecule has 3 nitrogen and oxygen atoms in total. The van der Waals surface area contributed by atoms with Gasteiger partial charge in [-0.3, -0.25) is 0 Å². The van der Waals surface area contributed by atoms with Crippen LogP contribution in [-0.2, 0) is 10.9 Å². The highest BCUT2D eigenvalue weighted by molar-refractivity contribution is 7.80. The maximum atomic E-state index is 13.1. The van der Waals surface area contributed by atoms with Crippen LogP contribution < -0.4 is 0 Å². The number of alkyl halides is 3. The molecule has 0 N–H and O–H groups in total. The number of hydrogen-bond donors (Lipinski definition) is 0. The number of halogens is 3. The van der Waals surface area contributed by atoms with Crippen molar-refractivity contribution in [2.45, 2.75) is 6.18 Å². The van der Waals surface area contributed by atoms with Crippen molar-refractivity contribution >= 4 is 17.2 Å². The maximum Gasteiger partial charge on any atom is 0.417 e. The lowest BCUT2D eigenvalue weighted by atomic mass is 10.1. The molecule has 0 radical (unpaired) electrons. The average molecular weight is 341 g/mol. The number of benzene rings is 1. The average Bonchev–Trinajstić information content (AvgIpc) is 3.04. The molecule has 0 unspecified atom stereocenters. The molecule has 0 atom stereocenters. The molecule has 1 aromatic carbocycles. The van der Waals surface area contributed by atoms with Crippen molar-refractivity contribution in [2.24, 2.45) is 0 Å². The second-order valence-electron chi connectivity index (χ2n) is 5.11. The van der Waals surface area contributed by atoms with Crippen LogP contribution >= 0.6 is 12.2 Å². The van der Waals surface area contributed by atoms with E-state index in [1.165, 1.54) is 18.2 Å². The monoisotopic (exact) mass is 341 g/mol. The molecule has 0 aliphatic carbocycles. The summed E-state index contributed by atoms with van der Waals surface area (Å²) in [6.45, 7) is 2.44. The zero-order valence-corrected chi connectivity index (χ0v) is 12.9. The predicted molar refractivity (Wildman–Crippen MR) is 83.2 cm³/mol. The van der Waals surface area contributed by atoms with E-state index in [2.05, 4.69) is 0 Å². The molecule has 122 valence electrons. The number of furan rings is 1. The standard InChI is InChI=1S/C16H14F3NO2S/c17-16(18,19)12-4-2-1-3-11(12)13-5-6-14(22-13)15(23)20-7-9-21-10-8-20/h1-6H,7-10H2. The SMILES string of the molecule is FC(F)(F)c1ccccc1-c1ccc(C(=S)N2CCOCC2)o1. The highest BCUT2D eigenvalue weighted by Crippen LogP contribution is 2.37. The van der Waals surface area contributed by atoms with Gasteiger partial charge in [-0.15, -0.1) is 0 Å². The maximum absolute atomic E-state index is 13.1. The predicted octanol–water partition coefficient (Wildman–Crippen LogP) is 3.97. The molecule has 0 amide bonds. The van der Waals surface area contributed by atoms with E-state index in [1.54, 1.807) is 12.1 Å². The molecule has 2 aromatic rings. The summed E-state index contributed by atoms with van der Waals surface area (Å²) in [6.07, 6.45) is -4.44. The van der Waals surface area contributed by atoms with Gasteiger partial charge in [-0.1, -0.05) is 30.4 Å². The fraction of sp³-hybridized carbons (Fsp3) is 0.312. The number of hydrogen-bond acceptors (Lipinski definition) is 3. The van der Waals surface area contributed by atoms with Crippen molar-refractivity contribution in [3.05, 3.63) is 47.7 Å². The number of nitrogens with zero attached hydrogens (tertiary/aromatic N) is 1. The molecule has 1 saturated heterocycles. The number of rotatable bonds is 2. The highest BCUT2D eigenvalue weighted by Gasteiger charge is 2.34. The molecule has 1 aromatic heterocycles. The molecule has 0 bridgehead atoms. The summed E-state index contributed by atoms with van der Waals surface area (Å²) in [7, 11) is 0. The van der Waals surface area contributed by atoms with Crippen LogP contribution in [0.4, 0.5) is 13.2 Å². The van der Waals surface area contributed by atoms with Gasteiger partial charge in [0.25, 0.3) is 0 Å². The van der Waals surface area contributed by atoms with Crippen molar-refractivity contribution in [3.8, 4) is 11.3 Å². The van der Waals surface area contributed by atoms with E-state index < -0.39 is 11.7 Å².